The zero-order valence-corrected chi connectivity index (χ0v) is 12.7. The highest BCUT2D eigenvalue weighted by molar-refractivity contribution is 9.11. The summed E-state index contributed by atoms with van der Waals surface area (Å²) >= 11 is 6.76. The Labute approximate surface area is 121 Å². The van der Waals surface area contributed by atoms with Crippen LogP contribution in [0, 0.1) is 18.8 Å². The number of rotatable bonds is 3. The number of aliphatic carboxylic acids is 1. The second-order valence-corrected chi connectivity index (χ2v) is 6.09. The van der Waals surface area contributed by atoms with Crippen LogP contribution in [0.15, 0.2) is 21.1 Å². The van der Waals surface area contributed by atoms with E-state index >= 15 is 0 Å². The van der Waals surface area contributed by atoms with Crippen molar-refractivity contribution in [3.05, 3.63) is 26.6 Å². The van der Waals surface area contributed by atoms with Gasteiger partial charge in [-0.05, 0) is 62.9 Å². The molecule has 4 nitrogen and oxygen atoms in total. The molecule has 0 aromatic heterocycles. The number of nitrogens with one attached hydrogen (secondary N) is 1. The van der Waals surface area contributed by atoms with Gasteiger partial charge in [-0.2, -0.15) is 0 Å². The molecule has 0 saturated heterocycles. The minimum absolute atomic E-state index is 0.243. The maximum Gasteiger partial charge on any atom is 0.307 e. The SMILES string of the molecule is Cc1cc(Br)c(NC(=O)[C@@H]2C[C@@H]2C(=O)O)c(Br)c1. The minimum atomic E-state index is -0.905. The van der Waals surface area contributed by atoms with Crippen LogP contribution < -0.4 is 5.32 Å². The Bertz CT molecular complexity index is 507. The van der Waals surface area contributed by atoms with Crippen molar-refractivity contribution in [3.63, 3.8) is 0 Å². The lowest BCUT2D eigenvalue weighted by Gasteiger charge is -2.10. The first-order chi connectivity index (χ1) is 8.40. The summed E-state index contributed by atoms with van der Waals surface area (Å²) < 4.78 is 1.55. The topological polar surface area (TPSA) is 66.4 Å². The lowest BCUT2D eigenvalue weighted by molar-refractivity contribution is -0.139. The lowest BCUT2D eigenvalue weighted by Crippen LogP contribution is -2.17. The van der Waals surface area contributed by atoms with E-state index in [1.807, 2.05) is 19.1 Å². The number of benzene rings is 1. The van der Waals surface area contributed by atoms with Crippen molar-refractivity contribution in [1.82, 2.24) is 0 Å². The first-order valence-corrected chi connectivity index (χ1v) is 6.98. The van der Waals surface area contributed by atoms with Gasteiger partial charge in [-0.25, -0.2) is 0 Å². The summed E-state index contributed by atoms with van der Waals surface area (Å²) in [6, 6.07) is 3.78. The Morgan fingerprint density at radius 3 is 2.28 bits per heavy atom. The van der Waals surface area contributed by atoms with Gasteiger partial charge in [-0.15, -0.1) is 0 Å². The third-order valence-corrected chi connectivity index (χ3v) is 4.13. The van der Waals surface area contributed by atoms with Gasteiger partial charge in [0.25, 0.3) is 0 Å². The van der Waals surface area contributed by atoms with E-state index < -0.39 is 17.8 Å². The van der Waals surface area contributed by atoms with Crippen molar-refractivity contribution in [2.45, 2.75) is 13.3 Å². The zero-order chi connectivity index (χ0) is 13.4. The summed E-state index contributed by atoms with van der Waals surface area (Å²) in [6.45, 7) is 1.95. The molecule has 6 heteroatoms. The molecular formula is C12H11Br2NO3. The van der Waals surface area contributed by atoms with Gasteiger partial charge in [-0.1, -0.05) is 0 Å². The molecule has 2 atom stereocenters. The Kier molecular flexibility index (Phi) is 3.77. The Hall–Kier alpha value is -0.880. The summed E-state index contributed by atoms with van der Waals surface area (Å²) in [6.07, 6.45) is 0.419. The highest BCUT2D eigenvalue weighted by atomic mass is 79.9. The van der Waals surface area contributed by atoms with Gasteiger partial charge < -0.3 is 10.4 Å². The molecule has 0 aliphatic heterocycles. The molecule has 1 saturated carbocycles. The molecule has 0 bridgehead atoms. The van der Waals surface area contributed by atoms with Crippen LogP contribution in [0.25, 0.3) is 0 Å². The van der Waals surface area contributed by atoms with Gasteiger partial charge in [0.2, 0.25) is 5.91 Å². The Morgan fingerprint density at radius 2 is 1.83 bits per heavy atom. The molecule has 1 aliphatic rings. The fourth-order valence-electron chi connectivity index (χ4n) is 1.79. The van der Waals surface area contributed by atoms with Gasteiger partial charge in [-0.3, -0.25) is 9.59 Å². The van der Waals surface area contributed by atoms with Crippen LogP contribution in [0.5, 0.6) is 0 Å². The number of halogens is 2. The van der Waals surface area contributed by atoms with Crippen LogP contribution in [0.2, 0.25) is 0 Å². The minimum Gasteiger partial charge on any atom is -0.481 e. The molecule has 0 spiro atoms. The second-order valence-electron chi connectivity index (χ2n) is 4.38. The summed E-state index contributed by atoms with van der Waals surface area (Å²) in [5.74, 6) is -2.10. The van der Waals surface area contributed by atoms with Crippen LogP contribution in [0.4, 0.5) is 5.69 Å². The van der Waals surface area contributed by atoms with Crippen molar-refractivity contribution in [3.8, 4) is 0 Å². The van der Waals surface area contributed by atoms with E-state index in [1.165, 1.54) is 0 Å². The van der Waals surface area contributed by atoms with Gasteiger partial charge in [0.05, 0.1) is 17.5 Å². The number of amides is 1. The molecule has 1 aromatic carbocycles. The third kappa shape index (κ3) is 2.75. The van der Waals surface area contributed by atoms with Crippen molar-refractivity contribution in [2.24, 2.45) is 11.8 Å². The summed E-state index contributed by atoms with van der Waals surface area (Å²) in [5.41, 5.74) is 1.70. The zero-order valence-electron chi connectivity index (χ0n) is 9.54. The summed E-state index contributed by atoms with van der Waals surface area (Å²) in [4.78, 5) is 22.6. The fourth-order valence-corrected chi connectivity index (χ4v) is 3.41. The number of hydrogen-bond acceptors (Lipinski definition) is 2. The maximum absolute atomic E-state index is 11.9. The molecular weight excluding hydrogens is 366 g/mol. The number of carboxylic acid groups (broad SMARTS) is 1. The number of anilines is 1. The predicted molar refractivity (Wildman–Crippen MR) is 74.4 cm³/mol. The molecule has 18 heavy (non-hydrogen) atoms. The maximum atomic E-state index is 11.9. The summed E-state index contributed by atoms with van der Waals surface area (Å²) in [7, 11) is 0. The number of carbonyl (C=O) groups excluding carboxylic acids is 1. The van der Waals surface area contributed by atoms with Gasteiger partial charge >= 0.3 is 5.97 Å². The first kappa shape index (κ1) is 13.5. The highest BCUT2D eigenvalue weighted by Crippen LogP contribution is 2.41. The van der Waals surface area contributed by atoms with Gasteiger partial charge in [0.1, 0.15) is 0 Å². The summed E-state index contributed by atoms with van der Waals surface area (Å²) in [5, 5.41) is 11.5. The molecule has 1 aromatic rings. The van der Waals surface area contributed by atoms with Crippen molar-refractivity contribution in [2.75, 3.05) is 5.32 Å². The molecule has 1 fully saturated rings. The van der Waals surface area contributed by atoms with E-state index in [-0.39, 0.29) is 5.91 Å². The molecule has 0 radical (unpaired) electrons. The van der Waals surface area contributed by atoms with Crippen molar-refractivity contribution < 1.29 is 14.7 Å². The normalized spacial score (nSPS) is 21.5. The van der Waals surface area contributed by atoms with Crippen LogP contribution in [-0.2, 0) is 9.59 Å². The number of aryl methyl sites for hydroxylation is 1. The quantitative estimate of drug-likeness (QED) is 0.851. The Morgan fingerprint density at radius 1 is 1.28 bits per heavy atom. The van der Waals surface area contributed by atoms with E-state index in [2.05, 4.69) is 37.2 Å². The molecule has 0 unspecified atom stereocenters. The first-order valence-electron chi connectivity index (χ1n) is 5.39. The van der Waals surface area contributed by atoms with E-state index in [1.54, 1.807) is 0 Å². The fraction of sp³-hybridized carbons (Fsp3) is 0.333. The van der Waals surface area contributed by atoms with E-state index in [0.717, 1.165) is 14.5 Å². The molecule has 1 aliphatic carbocycles. The Balaban J connectivity index is 2.11. The van der Waals surface area contributed by atoms with Crippen molar-refractivity contribution >= 4 is 49.4 Å². The largest absolute Gasteiger partial charge is 0.481 e. The van der Waals surface area contributed by atoms with Gasteiger partial charge in [0.15, 0.2) is 0 Å². The average molecular weight is 377 g/mol. The van der Waals surface area contributed by atoms with Crippen LogP contribution in [0.1, 0.15) is 12.0 Å². The van der Waals surface area contributed by atoms with E-state index in [0.29, 0.717) is 12.1 Å². The second kappa shape index (κ2) is 5.01. The number of carboxylic acids is 1. The van der Waals surface area contributed by atoms with E-state index in [4.69, 9.17) is 5.11 Å². The van der Waals surface area contributed by atoms with Crippen molar-refractivity contribution in [1.29, 1.82) is 0 Å². The predicted octanol–water partition coefficient (Wildman–Crippen LogP) is 3.18. The van der Waals surface area contributed by atoms with Crippen LogP contribution in [-0.4, -0.2) is 17.0 Å². The third-order valence-electron chi connectivity index (χ3n) is 2.88. The number of carbonyl (C=O) groups is 2. The number of hydrogen-bond donors (Lipinski definition) is 2. The smallest absolute Gasteiger partial charge is 0.307 e. The molecule has 0 heterocycles. The average Bonchev–Trinajstić information content (AvgIpc) is 3.02. The monoisotopic (exact) mass is 375 g/mol. The molecule has 2 rings (SSSR count). The molecule has 2 N–H and O–H groups in total. The molecule has 96 valence electrons. The van der Waals surface area contributed by atoms with E-state index in [9.17, 15) is 9.59 Å². The lowest BCUT2D eigenvalue weighted by atomic mass is 10.2. The standard InChI is InChI=1S/C12H11Br2NO3/c1-5-2-8(13)10(9(14)3-5)15-11(16)6-4-7(6)12(17)18/h2-3,6-7H,4H2,1H3,(H,15,16)(H,17,18)/t6-,7+/m1/s1. The highest BCUT2D eigenvalue weighted by Gasteiger charge is 2.48. The van der Waals surface area contributed by atoms with Gasteiger partial charge in [0, 0.05) is 8.95 Å². The van der Waals surface area contributed by atoms with Crippen LogP contribution in [0.3, 0.4) is 0 Å². The molecule has 1 amide bonds. The van der Waals surface area contributed by atoms with Crippen LogP contribution >= 0.6 is 31.9 Å².